The second-order valence-electron chi connectivity index (χ2n) is 7.08. The number of nitrogens with zero attached hydrogens (tertiary/aromatic N) is 4. The van der Waals surface area contributed by atoms with Crippen molar-refractivity contribution in [1.29, 1.82) is 0 Å². The molecule has 26 heavy (non-hydrogen) atoms. The standard InChI is InChI=1S/C19H24N6O/c1-3-11(2)13-9-25(10-16(13)26)15-5-7-21-18-17(15)12(8-23-18)14-4-6-22-19(20)24-14/h4-8,11,13,16,26H,3,9-10H2,1-2H3,(H,21,23)(H2,20,22,24). The van der Waals surface area contributed by atoms with E-state index in [1.54, 1.807) is 12.4 Å². The van der Waals surface area contributed by atoms with E-state index >= 15 is 0 Å². The molecule has 0 spiro atoms. The van der Waals surface area contributed by atoms with Crippen LogP contribution in [0.15, 0.2) is 30.7 Å². The minimum atomic E-state index is -0.315. The fourth-order valence-electron chi connectivity index (χ4n) is 3.90. The predicted molar refractivity (Wildman–Crippen MR) is 103 cm³/mol. The maximum atomic E-state index is 10.6. The van der Waals surface area contributed by atoms with Gasteiger partial charge in [-0.1, -0.05) is 20.3 Å². The lowest BCUT2D eigenvalue weighted by Gasteiger charge is -2.22. The fourth-order valence-corrected chi connectivity index (χ4v) is 3.90. The van der Waals surface area contributed by atoms with Crippen LogP contribution in [0.5, 0.6) is 0 Å². The van der Waals surface area contributed by atoms with Crippen LogP contribution in [0.25, 0.3) is 22.3 Å². The number of nitrogen functional groups attached to an aromatic ring is 1. The van der Waals surface area contributed by atoms with E-state index in [2.05, 4.69) is 38.7 Å². The number of fused-ring (bicyclic) bond motifs is 1. The molecule has 0 saturated carbocycles. The van der Waals surface area contributed by atoms with E-state index in [0.29, 0.717) is 12.5 Å². The molecule has 1 saturated heterocycles. The summed E-state index contributed by atoms with van der Waals surface area (Å²) < 4.78 is 0. The zero-order valence-corrected chi connectivity index (χ0v) is 15.1. The Bertz CT molecular complexity index is 923. The number of hydrogen-bond acceptors (Lipinski definition) is 6. The second-order valence-corrected chi connectivity index (χ2v) is 7.08. The van der Waals surface area contributed by atoms with Crippen molar-refractivity contribution >= 4 is 22.7 Å². The number of aliphatic hydroxyl groups excluding tert-OH is 1. The number of hydrogen-bond donors (Lipinski definition) is 3. The summed E-state index contributed by atoms with van der Waals surface area (Å²) in [5, 5.41) is 11.6. The Morgan fingerprint density at radius 2 is 2.12 bits per heavy atom. The van der Waals surface area contributed by atoms with Crippen molar-refractivity contribution in [1.82, 2.24) is 19.9 Å². The first-order valence-electron chi connectivity index (χ1n) is 9.06. The third-order valence-corrected chi connectivity index (χ3v) is 5.55. The molecule has 1 aliphatic rings. The van der Waals surface area contributed by atoms with Crippen LogP contribution in [-0.4, -0.2) is 44.2 Å². The first kappa shape index (κ1) is 16.8. The number of nitrogens with two attached hydrogens (primary N) is 1. The highest BCUT2D eigenvalue weighted by Crippen LogP contribution is 2.37. The molecule has 3 aromatic heterocycles. The molecule has 3 unspecified atom stereocenters. The number of β-amino-alcohol motifs (C(OH)–C–C–N with tert-alkyl or cyclic N) is 1. The molecule has 3 aromatic rings. The van der Waals surface area contributed by atoms with Crippen LogP contribution in [0, 0.1) is 11.8 Å². The smallest absolute Gasteiger partial charge is 0.220 e. The number of aromatic nitrogens is 4. The number of anilines is 2. The van der Waals surface area contributed by atoms with E-state index in [1.807, 2.05) is 18.3 Å². The third-order valence-electron chi connectivity index (χ3n) is 5.55. The number of nitrogens with one attached hydrogen (secondary N) is 1. The summed E-state index contributed by atoms with van der Waals surface area (Å²) >= 11 is 0. The number of aliphatic hydroxyl groups is 1. The highest BCUT2D eigenvalue weighted by molar-refractivity contribution is 6.02. The monoisotopic (exact) mass is 352 g/mol. The summed E-state index contributed by atoms with van der Waals surface area (Å²) in [7, 11) is 0. The van der Waals surface area contributed by atoms with Gasteiger partial charge in [-0.05, 0) is 18.1 Å². The van der Waals surface area contributed by atoms with Crippen LogP contribution in [0.2, 0.25) is 0 Å². The Kier molecular flexibility index (Phi) is 4.24. The molecule has 0 aliphatic carbocycles. The van der Waals surface area contributed by atoms with Crippen molar-refractivity contribution in [2.24, 2.45) is 11.8 Å². The second kappa shape index (κ2) is 6.57. The first-order chi connectivity index (χ1) is 12.6. The number of rotatable bonds is 4. The molecule has 4 N–H and O–H groups in total. The van der Waals surface area contributed by atoms with E-state index in [1.165, 1.54) is 0 Å². The van der Waals surface area contributed by atoms with E-state index in [-0.39, 0.29) is 18.0 Å². The summed E-state index contributed by atoms with van der Waals surface area (Å²) in [5.74, 6) is 1.01. The van der Waals surface area contributed by atoms with Crippen molar-refractivity contribution in [2.45, 2.75) is 26.4 Å². The maximum absolute atomic E-state index is 10.6. The van der Waals surface area contributed by atoms with Crippen LogP contribution in [0.1, 0.15) is 20.3 Å². The van der Waals surface area contributed by atoms with Crippen molar-refractivity contribution < 1.29 is 5.11 Å². The first-order valence-corrected chi connectivity index (χ1v) is 9.06. The van der Waals surface area contributed by atoms with Gasteiger partial charge in [-0.15, -0.1) is 0 Å². The normalized spacial score (nSPS) is 21.4. The highest BCUT2D eigenvalue weighted by Gasteiger charge is 2.35. The number of aromatic amines is 1. The quantitative estimate of drug-likeness (QED) is 0.666. The minimum absolute atomic E-state index is 0.246. The van der Waals surface area contributed by atoms with Crippen LogP contribution in [-0.2, 0) is 0 Å². The van der Waals surface area contributed by atoms with Crippen LogP contribution < -0.4 is 10.6 Å². The largest absolute Gasteiger partial charge is 0.391 e. The molecular formula is C19H24N6O. The molecule has 7 heteroatoms. The zero-order chi connectivity index (χ0) is 18.3. The van der Waals surface area contributed by atoms with Gasteiger partial charge in [0.05, 0.1) is 22.9 Å². The van der Waals surface area contributed by atoms with Crippen LogP contribution >= 0.6 is 0 Å². The molecule has 4 rings (SSSR count). The molecule has 0 aromatic carbocycles. The Morgan fingerprint density at radius 1 is 1.31 bits per heavy atom. The molecular weight excluding hydrogens is 328 g/mol. The molecule has 1 fully saturated rings. The summed E-state index contributed by atoms with van der Waals surface area (Å²) in [4.78, 5) is 18.3. The van der Waals surface area contributed by atoms with Crippen molar-refractivity contribution in [3.05, 3.63) is 30.7 Å². The van der Waals surface area contributed by atoms with Gasteiger partial charge in [0.2, 0.25) is 5.95 Å². The lowest BCUT2D eigenvalue weighted by molar-refractivity contribution is 0.117. The maximum Gasteiger partial charge on any atom is 0.220 e. The topological polar surface area (TPSA) is 104 Å². The SMILES string of the molecule is CCC(C)C1CN(c2ccnc3[nH]cc(-c4ccnc(N)n4)c23)CC1O. The van der Waals surface area contributed by atoms with E-state index in [9.17, 15) is 5.11 Å². The number of pyridine rings is 1. The molecule has 0 amide bonds. The van der Waals surface area contributed by atoms with Gasteiger partial charge in [-0.2, -0.15) is 0 Å². The van der Waals surface area contributed by atoms with Crippen LogP contribution in [0.3, 0.4) is 0 Å². The van der Waals surface area contributed by atoms with Gasteiger partial charge >= 0.3 is 0 Å². The van der Waals surface area contributed by atoms with Crippen molar-refractivity contribution in [3.8, 4) is 11.3 Å². The van der Waals surface area contributed by atoms with Gasteiger partial charge in [0.15, 0.2) is 0 Å². The summed E-state index contributed by atoms with van der Waals surface area (Å²) in [5.41, 5.74) is 9.33. The third kappa shape index (κ3) is 2.78. The summed E-state index contributed by atoms with van der Waals surface area (Å²) in [6, 6.07) is 3.85. The van der Waals surface area contributed by atoms with E-state index < -0.39 is 0 Å². The molecule has 3 atom stereocenters. The molecule has 136 valence electrons. The molecule has 0 bridgehead atoms. The Morgan fingerprint density at radius 3 is 2.88 bits per heavy atom. The fraction of sp³-hybridized carbons (Fsp3) is 0.421. The van der Waals surface area contributed by atoms with E-state index in [4.69, 9.17) is 5.73 Å². The van der Waals surface area contributed by atoms with Gasteiger partial charge in [0.1, 0.15) is 5.65 Å². The average molecular weight is 352 g/mol. The lowest BCUT2D eigenvalue weighted by Crippen LogP contribution is -2.23. The number of H-pyrrole nitrogens is 1. The van der Waals surface area contributed by atoms with Crippen molar-refractivity contribution in [2.75, 3.05) is 23.7 Å². The summed E-state index contributed by atoms with van der Waals surface area (Å²) in [6.45, 7) is 5.86. The molecule has 0 radical (unpaired) electrons. The Balaban J connectivity index is 1.78. The average Bonchev–Trinajstić information content (AvgIpc) is 3.24. The van der Waals surface area contributed by atoms with Gasteiger partial charge in [0.25, 0.3) is 0 Å². The Labute approximate surface area is 152 Å². The van der Waals surface area contributed by atoms with Gasteiger partial charge in [0, 0.05) is 43.2 Å². The van der Waals surface area contributed by atoms with Crippen molar-refractivity contribution in [3.63, 3.8) is 0 Å². The molecule has 1 aliphatic heterocycles. The lowest BCUT2D eigenvalue weighted by atomic mass is 9.89. The van der Waals surface area contributed by atoms with Crippen LogP contribution in [0.4, 0.5) is 11.6 Å². The minimum Gasteiger partial charge on any atom is -0.391 e. The molecule has 7 nitrogen and oxygen atoms in total. The summed E-state index contributed by atoms with van der Waals surface area (Å²) in [6.07, 6.45) is 6.11. The zero-order valence-electron chi connectivity index (χ0n) is 15.1. The Hall–Kier alpha value is -2.67. The van der Waals surface area contributed by atoms with Gasteiger partial charge < -0.3 is 20.7 Å². The molecule has 4 heterocycles. The predicted octanol–water partition coefficient (Wildman–Crippen LogP) is 2.45. The van der Waals surface area contributed by atoms with Gasteiger partial charge in [-0.3, -0.25) is 0 Å². The van der Waals surface area contributed by atoms with E-state index in [0.717, 1.165) is 40.9 Å². The highest BCUT2D eigenvalue weighted by atomic mass is 16.3. The van der Waals surface area contributed by atoms with Gasteiger partial charge in [-0.25, -0.2) is 15.0 Å².